The van der Waals surface area contributed by atoms with Crippen LogP contribution in [0.5, 0.6) is 0 Å². The first-order chi connectivity index (χ1) is 20.2. The molecule has 0 radical (unpaired) electrons. The number of nitriles is 1. The molecule has 3 aliphatic rings. The molecule has 0 bridgehead atoms. The Labute approximate surface area is 246 Å². The molecule has 218 valence electrons. The van der Waals surface area contributed by atoms with Crippen molar-refractivity contribution in [3.8, 4) is 22.9 Å². The first kappa shape index (κ1) is 28.1. The molecular weight excluding hydrogens is 531 g/mol. The number of rotatable bonds is 8. The fourth-order valence-electron chi connectivity index (χ4n) is 6.45. The van der Waals surface area contributed by atoms with Crippen LogP contribution in [0, 0.1) is 28.5 Å². The summed E-state index contributed by atoms with van der Waals surface area (Å²) >= 11 is 0. The highest BCUT2D eigenvalue weighted by atomic mass is 19.1. The van der Waals surface area contributed by atoms with Gasteiger partial charge in [-0.1, -0.05) is 37.1 Å². The van der Waals surface area contributed by atoms with Crippen LogP contribution >= 0.6 is 0 Å². The lowest BCUT2D eigenvalue weighted by molar-refractivity contribution is -0.125. The number of nitrogens with zero attached hydrogens (tertiary/aromatic N) is 4. The van der Waals surface area contributed by atoms with Crippen molar-refractivity contribution in [2.75, 3.05) is 13.1 Å². The minimum absolute atomic E-state index is 0.0377. The fraction of sp³-hybridized carbons (Fsp3) is 0.471. The molecule has 1 aromatic heterocycles. The summed E-state index contributed by atoms with van der Waals surface area (Å²) in [7, 11) is 0. The van der Waals surface area contributed by atoms with Crippen molar-refractivity contribution >= 4 is 11.9 Å². The molecule has 2 saturated carbocycles. The number of benzene rings is 2. The Hall–Kier alpha value is -3.99. The van der Waals surface area contributed by atoms with Gasteiger partial charge in [0.2, 0.25) is 0 Å². The number of aromatic nitrogens is 2. The third-order valence-corrected chi connectivity index (χ3v) is 9.14. The van der Waals surface area contributed by atoms with Crippen molar-refractivity contribution in [2.24, 2.45) is 11.3 Å². The molecule has 1 aliphatic heterocycles. The molecule has 2 heterocycles. The number of carbonyl (C=O) groups is 2. The van der Waals surface area contributed by atoms with Crippen LogP contribution in [0.4, 0.5) is 9.18 Å². The first-order valence-corrected chi connectivity index (χ1v) is 15.1. The predicted molar refractivity (Wildman–Crippen MR) is 156 cm³/mol. The summed E-state index contributed by atoms with van der Waals surface area (Å²) < 4.78 is 20.8. The van der Waals surface area contributed by atoms with E-state index in [1.165, 1.54) is 12.1 Å². The van der Waals surface area contributed by atoms with E-state index in [1.54, 1.807) is 21.7 Å². The van der Waals surface area contributed by atoms with Crippen LogP contribution in [-0.2, 0) is 9.53 Å². The van der Waals surface area contributed by atoms with Gasteiger partial charge in [0.25, 0.3) is 0 Å². The summed E-state index contributed by atoms with van der Waals surface area (Å²) in [5.41, 5.74) is 4.31. The molecule has 2 aromatic carbocycles. The second kappa shape index (κ2) is 11.4. The lowest BCUT2D eigenvalue weighted by Gasteiger charge is -2.39. The summed E-state index contributed by atoms with van der Waals surface area (Å²) in [5.74, 6) is -0.0642. The van der Waals surface area contributed by atoms with Crippen LogP contribution in [0.15, 0.2) is 54.7 Å². The van der Waals surface area contributed by atoms with Crippen LogP contribution in [0.1, 0.15) is 81.9 Å². The van der Waals surface area contributed by atoms with Crippen LogP contribution < -0.4 is 0 Å². The topological polar surface area (TPSA) is 88.2 Å². The summed E-state index contributed by atoms with van der Waals surface area (Å²) in [5, 5.41) is 14.6. The largest absolute Gasteiger partial charge is 0.447 e. The van der Waals surface area contributed by atoms with Gasteiger partial charge in [0, 0.05) is 49.0 Å². The molecule has 1 saturated heterocycles. The smallest absolute Gasteiger partial charge is 0.410 e. The molecule has 6 rings (SSSR count). The molecule has 0 spiro atoms. The Morgan fingerprint density at radius 3 is 2.40 bits per heavy atom. The molecule has 3 aromatic rings. The lowest BCUT2D eigenvalue weighted by Crippen LogP contribution is -2.49. The van der Waals surface area contributed by atoms with Crippen LogP contribution in [0.2, 0.25) is 0 Å². The number of carbonyl (C=O) groups excluding carboxylic acids is 2. The Kier molecular flexibility index (Phi) is 7.61. The minimum atomic E-state index is -0.464. The van der Waals surface area contributed by atoms with E-state index in [9.17, 15) is 19.2 Å². The zero-order valence-electron chi connectivity index (χ0n) is 24.3. The van der Waals surface area contributed by atoms with Gasteiger partial charge < -0.3 is 9.64 Å². The second-order valence-electron chi connectivity index (χ2n) is 12.5. The third-order valence-electron chi connectivity index (χ3n) is 9.14. The number of amides is 1. The van der Waals surface area contributed by atoms with Gasteiger partial charge in [-0.3, -0.25) is 4.79 Å². The van der Waals surface area contributed by atoms with Crippen LogP contribution in [-0.4, -0.2) is 45.8 Å². The molecular formula is C34H37FN4O3. The Balaban J connectivity index is 1.28. The summed E-state index contributed by atoms with van der Waals surface area (Å²) in [6.07, 6.45) is 7.22. The average molecular weight is 569 g/mol. The van der Waals surface area contributed by atoms with Gasteiger partial charge in [0.15, 0.2) is 0 Å². The maximum atomic E-state index is 13.7. The summed E-state index contributed by atoms with van der Waals surface area (Å²) in [6.45, 7) is 4.97. The lowest BCUT2D eigenvalue weighted by atomic mass is 9.72. The summed E-state index contributed by atoms with van der Waals surface area (Å²) in [6, 6.07) is 17.0. The third kappa shape index (κ3) is 5.70. The molecule has 0 N–H and O–H groups in total. The van der Waals surface area contributed by atoms with Gasteiger partial charge >= 0.3 is 6.09 Å². The maximum Gasteiger partial charge on any atom is 0.410 e. The molecule has 3 fully saturated rings. The first-order valence-electron chi connectivity index (χ1n) is 15.1. The van der Waals surface area contributed by atoms with E-state index >= 15 is 0 Å². The van der Waals surface area contributed by atoms with Crippen LogP contribution in [0.25, 0.3) is 16.8 Å². The molecule has 1 amide bonds. The van der Waals surface area contributed by atoms with Gasteiger partial charge in [-0.25, -0.2) is 13.9 Å². The number of Topliss-reactive ketones (excluding diaryl/α,β-unsaturated/α-hetero) is 1. The van der Waals surface area contributed by atoms with E-state index in [-0.39, 0.29) is 41.6 Å². The van der Waals surface area contributed by atoms with E-state index in [1.807, 2.05) is 20.0 Å². The normalized spacial score (nSPS) is 21.5. The highest BCUT2D eigenvalue weighted by molar-refractivity contribution is 5.84. The maximum absolute atomic E-state index is 13.7. The van der Waals surface area contributed by atoms with Crippen molar-refractivity contribution in [2.45, 2.75) is 76.7 Å². The van der Waals surface area contributed by atoms with Crippen molar-refractivity contribution < 1.29 is 18.7 Å². The molecule has 2 atom stereocenters. The van der Waals surface area contributed by atoms with Crippen molar-refractivity contribution in [3.63, 3.8) is 0 Å². The van der Waals surface area contributed by atoms with E-state index in [0.29, 0.717) is 19.5 Å². The van der Waals surface area contributed by atoms with E-state index in [4.69, 9.17) is 9.84 Å². The number of hydrogen-bond donors (Lipinski definition) is 0. The molecule has 0 unspecified atom stereocenters. The fourth-order valence-corrected chi connectivity index (χ4v) is 6.45. The van der Waals surface area contributed by atoms with E-state index in [2.05, 4.69) is 30.3 Å². The van der Waals surface area contributed by atoms with Crippen molar-refractivity contribution in [1.82, 2.24) is 14.7 Å². The average Bonchev–Trinajstić information content (AvgIpc) is 3.59. The van der Waals surface area contributed by atoms with Gasteiger partial charge in [0.05, 0.1) is 29.0 Å². The standard InChI is InChI=1S/C34H37FN4O3/c1-22(2)42-33(41)38-18-25(19-38)23-7-9-24(10-8-23)30-20-39(27-13-11-26(35)12-14-27)37-32(30)29-6-4-3-5-28(29)31(40)17-34(21-36)15-16-34/h7-14,20,22,25,28-29H,3-6,15-19H2,1-2H3/t28-,29-/m1/s1. The number of hydrogen-bond acceptors (Lipinski definition) is 5. The van der Waals surface area contributed by atoms with Crippen molar-refractivity contribution in [3.05, 3.63) is 71.8 Å². The SMILES string of the molecule is CC(C)OC(=O)N1CC(c2ccc(-c3cn(-c4ccc(F)cc4)nc3[C@@H]3CCCC[C@H]3C(=O)CC3(C#N)CC3)cc2)C1. The van der Waals surface area contributed by atoms with Gasteiger partial charge in [-0.15, -0.1) is 0 Å². The van der Waals surface area contributed by atoms with Gasteiger partial charge in [-0.05, 0) is 74.9 Å². The van der Waals surface area contributed by atoms with E-state index < -0.39 is 5.41 Å². The molecule has 7 nitrogen and oxygen atoms in total. The summed E-state index contributed by atoms with van der Waals surface area (Å²) in [4.78, 5) is 27.5. The Bertz CT molecular complexity index is 1490. The molecule has 8 heteroatoms. The highest BCUT2D eigenvalue weighted by Gasteiger charge is 2.47. The van der Waals surface area contributed by atoms with Crippen molar-refractivity contribution in [1.29, 1.82) is 5.26 Å². The zero-order chi connectivity index (χ0) is 29.4. The molecule has 2 aliphatic carbocycles. The second-order valence-corrected chi connectivity index (χ2v) is 12.5. The quantitative estimate of drug-likeness (QED) is 0.288. The number of likely N-dealkylation sites (tertiary alicyclic amines) is 1. The minimum Gasteiger partial charge on any atom is -0.447 e. The van der Waals surface area contributed by atoms with Crippen LogP contribution in [0.3, 0.4) is 0 Å². The Morgan fingerprint density at radius 1 is 1.07 bits per heavy atom. The zero-order valence-corrected chi connectivity index (χ0v) is 24.3. The molecule has 42 heavy (non-hydrogen) atoms. The monoisotopic (exact) mass is 568 g/mol. The number of ketones is 1. The van der Waals surface area contributed by atoms with Gasteiger partial charge in [0.1, 0.15) is 11.6 Å². The number of ether oxygens (including phenoxy) is 1. The van der Waals surface area contributed by atoms with Gasteiger partial charge in [-0.2, -0.15) is 10.4 Å². The van der Waals surface area contributed by atoms with E-state index in [0.717, 1.165) is 66.6 Å². The highest BCUT2D eigenvalue weighted by Crippen LogP contribution is 2.51. The Morgan fingerprint density at radius 2 is 1.76 bits per heavy atom. The number of halogens is 1. The predicted octanol–water partition coefficient (Wildman–Crippen LogP) is 7.16.